The van der Waals surface area contributed by atoms with Gasteiger partial charge < -0.3 is 14.6 Å². The molecule has 5 nitrogen and oxygen atoms in total. The first-order chi connectivity index (χ1) is 15.2. The van der Waals surface area contributed by atoms with Crippen LogP contribution in [0.2, 0.25) is 5.02 Å². The average molecular weight is 468 g/mol. The fraction of sp³-hybridized carbons (Fsp3) is 0.478. The molecule has 1 aromatic carbocycles. The van der Waals surface area contributed by atoms with Gasteiger partial charge in [0, 0.05) is 12.1 Å². The molecule has 3 aliphatic rings. The number of nitrogens with zero attached hydrogens (tertiary/aromatic N) is 1. The van der Waals surface area contributed by atoms with E-state index in [1.165, 1.54) is 0 Å². The Labute approximate surface area is 187 Å². The third kappa shape index (κ3) is 3.40. The number of rotatable bonds is 4. The SMILES string of the molecule is CCc1ccc(Oc2ncc(C(F)(F)F)cc2Cl)cc1C1C(=O)C2C3CCC(O3)C2C1O. The van der Waals surface area contributed by atoms with Gasteiger partial charge in [-0.25, -0.2) is 4.98 Å². The molecule has 2 aromatic rings. The van der Waals surface area contributed by atoms with E-state index < -0.39 is 23.8 Å². The summed E-state index contributed by atoms with van der Waals surface area (Å²) in [6, 6.07) is 5.86. The first kappa shape index (κ1) is 21.7. The number of pyridine rings is 1. The summed E-state index contributed by atoms with van der Waals surface area (Å²) in [6.45, 7) is 1.95. The minimum Gasteiger partial charge on any atom is -0.438 e. The lowest BCUT2D eigenvalue weighted by molar-refractivity contribution is -0.137. The molecule has 2 bridgehead atoms. The number of aromatic nitrogens is 1. The second kappa shape index (κ2) is 7.71. The Morgan fingerprint density at radius 2 is 2.00 bits per heavy atom. The minimum absolute atomic E-state index is 0.0211. The maximum Gasteiger partial charge on any atom is 0.417 e. The van der Waals surface area contributed by atoms with Crippen molar-refractivity contribution < 1.29 is 32.5 Å². The standard InChI is InChI=1S/C23H21ClF3NO4/c1-2-10-3-4-12(31-22-14(24)7-11(9-28-22)23(25,26)27)8-13(10)17-20(29)18-15-5-6-16(32-15)19(18)21(17)30/h3-4,7-9,15-20,29H,2,5-6H2,1H3. The van der Waals surface area contributed by atoms with Crippen molar-refractivity contribution >= 4 is 17.4 Å². The molecule has 0 amide bonds. The van der Waals surface area contributed by atoms with Gasteiger partial charge in [-0.15, -0.1) is 0 Å². The molecule has 1 N–H and O–H groups in total. The van der Waals surface area contributed by atoms with Crippen molar-refractivity contribution in [3.63, 3.8) is 0 Å². The summed E-state index contributed by atoms with van der Waals surface area (Å²) < 4.78 is 50.1. The van der Waals surface area contributed by atoms with Gasteiger partial charge in [-0.05, 0) is 48.6 Å². The fourth-order valence-electron chi connectivity index (χ4n) is 5.47. The van der Waals surface area contributed by atoms with Crippen LogP contribution in [-0.2, 0) is 22.1 Å². The van der Waals surface area contributed by atoms with Crippen molar-refractivity contribution in [2.45, 2.75) is 56.6 Å². The number of alkyl halides is 3. The summed E-state index contributed by atoms with van der Waals surface area (Å²) in [4.78, 5) is 17.0. The van der Waals surface area contributed by atoms with Gasteiger partial charge in [0.2, 0.25) is 5.88 Å². The molecule has 6 atom stereocenters. The molecule has 2 aliphatic heterocycles. The second-order valence-corrected chi connectivity index (χ2v) is 9.00. The van der Waals surface area contributed by atoms with E-state index in [1.54, 1.807) is 18.2 Å². The number of aliphatic hydroxyl groups is 1. The van der Waals surface area contributed by atoms with Gasteiger partial charge in [0.05, 0.1) is 35.7 Å². The van der Waals surface area contributed by atoms with Crippen LogP contribution >= 0.6 is 11.6 Å². The largest absolute Gasteiger partial charge is 0.438 e. The highest BCUT2D eigenvalue weighted by Crippen LogP contribution is 2.54. The van der Waals surface area contributed by atoms with E-state index >= 15 is 0 Å². The molecule has 1 saturated carbocycles. The molecule has 2 saturated heterocycles. The monoisotopic (exact) mass is 467 g/mol. The second-order valence-electron chi connectivity index (χ2n) is 8.59. The van der Waals surface area contributed by atoms with E-state index in [2.05, 4.69) is 4.98 Å². The third-order valence-corrected chi connectivity index (χ3v) is 7.15. The van der Waals surface area contributed by atoms with E-state index in [9.17, 15) is 23.1 Å². The highest BCUT2D eigenvalue weighted by Gasteiger charge is 2.62. The zero-order chi connectivity index (χ0) is 22.8. The maximum absolute atomic E-state index is 13.3. The average Bonchev–Trinajstić information content (AvgIpc) is 3.42. The third-order valence-electron chi connectivity index (χ3n) is 6.88. The maximum atomic E-state index is 13.3. The smallest absolute Gasteiger partial charge is 0.417 e. The summed E-state index contributed by atoms with van der Waals surface area (Å²) in [5.41, 5.74) is 0.591. The summed E-state index contributed by atoms with van der Waals surface area (Å²) in [5.74, 6) is -1.10. The fourth-order valence-corrected chi connectivity index (χ4v) is 5.68. The van der Waals surface area contributed by atoms with Crippen LogP contribution in [0, 0.1) is 11.8 Å². The van der Waals surface area contributed by atoms with E-state index in [0.29, 0.717) is 18.2 Å². The molecule has 32 heavy (non-hydrogen) atoms. The number of Topliss-reactive ketones (excluding diaryl/α,β-unsaturated/α-hetero) is 1. The topological polar surface area (TPSA) is 68.7 Å². The molecular formula is C23H21ClF3NO4. The lowest BCUT2D eigenvalue weighted by atomic mass is 9.81. The number of aliphatic hydroxyl groups excluding tert-OH is 1. The quantitative estimate of drug-likeness (QED) is 0.690. The first-order valence-corrected chi connectivity index (χ1v) is 11.0. The van der Waals surface area contributed by atoms with E-state index in [1.807, 2.05) is 6.92 Å². The van der Waals surface area contributed by atoms with Gasteiger partial charge in [0.15, 0.2) is 0 Å². The number of fused-ring (bicyclic) bond motifs is 5. The van der Waals surface area contributed by atoms with Crippen LogP contribution in [0.15, 0.2) is 30.5 Å². The number of halogens is 4. The zero-order valence-corrected chi connectivity index (χ0v) is 17.9. The Hall–Kier alpha value is -2.16. The van der Waals surface area contributed by atoms with Crippen molar-refractivity contribution in [1.82, 2.24) is 4.98 Å². The van der Waals surface area contributed by atoms with Crippen molar-refractivity contribution in [3.8, 4) is 11.6 Å². The Morgan fingerprint density at radius 3 is 2.66 bits per heavy atom. The molecule has 1 aromatic heterocycles. The Bertz CT molecular complexity index is 1080. The summed E-state index contributed by atoms with van der Waals surface area (Å²) >= 11 is 5.97. The highest BCUT2D eigenvalue weighted by molar-refractivity contribution is 6.31. The highest BCUT2D eigenvalue weighted by atomic mass is 35.5. The van der Waals surface area contributed by atoms with Gasteiger partial charge >= 0.3 is 6.18 Å². The van der Waals surface area contributed by atoms with Crippen molar-refractivity contribution in [1.29, 1.82) is 0 Å². The number of aryl methyl sites for hydroxylation is 1. The van der Waals surface area contributed by atoms with Crippen LogP contribution in [0.5, 0.6) is 11.6 Å². The molecule has 170 valence electrons. The van der Waals surface area contributed by atoms with Crippen LogP contribution in [0.25, 0.3) is 0 Å². The van der Waals surface area contributed by atoms with E-state index in [0.717, 1.165) is 24.5 Å². The summed E-state index contributed by atoms with van der Waals surface area (Å²) in [7, 11) is 0. The lowest BCUT2D eigenvalue weighted by Gasteiger charge is -2.23. The van der Waals surface area contributed by atoms with Crippen LogP contribution in [-0.4, -0.2) is 34.2 Å². The molecular weight excluding hydrogens is 447 g/mol. The molecule has 3 fully saturated rings. The number of benzene rings is 1. The molecule has 0 spiro atoms. The number of hydrogen-bond donors (Lipinski definition) is 1. The van der Waals surface area contributed by atoms with Crippen LogP contribution in [0.1, 0.15) is 42.4 Å². The van der Waals surface area contributed by atoms with Gasteiger partial charge in [-0.3, -0.25) is 4.79 Å². The molecule has 3 heterocycles. The Balaban J connectivity index is 1.46. The van der Waals surface area contributed by atoms with Crippen LogP contribution < -0.4 is 4.74 Å². The summed E-state index contributed by atoms with van der Waals surface area (Å²) in [5, 5.41) is 10.8. The minimum atomic E-state index is -4.56. The van der Waals surface area contributed by atoms with Crippen LogP contribution in [0.4, 0.5) is 13.2 Å². The zero-order valence-electron chi connectivity index (χ0n) is 17.1. The van der Waals surface area contributed by atoms with Gasteiger partial charge in [-0.1, -0.05) is 24.6 Å². The Morgan fingerprint density at radius 1 is 1.25 bits per heavy atom. The van der Waals surface area contributed by atoms with Crippen molar-refractivity contribution in [3.05, 3.63) is 52.2 Å². The Kier molecular flexibility index (Phi) is 5.22. The van der Waals surface area contributed by atoms with Gasteiger partial charge in [-0.2, -0.15) is 13.2 Å². The van der Waals surface area contributed by atoms with E-state index in [4.69, 9.17) is 21.1 Å². The van der Waals surface area contributed by atoms with Crippen molar-refractivity contribution in [2.24, 2.45) is 11.8 Å². The first-order valence-electron chi connectivity index (χ1n) is 10.6. The molecule has 9 heteroatoms. The summed E-state index contributed by atoms with van der Waals surface area (Å²) in [6.07, 6.45) is -2.65. The van der Waals surface area contributed by atoms with Crippen LogP contribution in [0.3, 0.4) is 0 Å². The number of ether oxygens (including phenoxy) is 2. The predicted molar refractivity (Wildman–Crippen MR) is 109 cm³/mol. The normalized spacial score (nSPS) is 31.2. The number of carbonyl (C=O) groups is 1. The molecule has 0 radical (unpaired) electrons. The van der Waals surface area contributed by atoms with E-state index in [-0.39, 0.29) is 46.5 Å². The molecule has 5 rings (SSSR count). The number of ketones is 1. The molecule has 6 unspecified atom stereocenters. The lowest BCUT2D eigenvalue weighted by Crippen LogP contribution is -2.31. The van der Waals surface area contributed by atoms with Gasteiger partial charge in [0.1, 0.15) is 16.6 Å². The van der Waals surface area contributed by atoms with Gasteiger partial charge in [0.25, 0.3) is 0 Å². The predicted octanol–water partition coefficient (Wildman–Crippen LogP) is 4.93. The number of hydrogen-bond acceptors (Lipinski definition) is 5. The van der Waals surface area contributed by atoms with Crippen molar-refractivity contribution in [2.75, 3.05) is 0 Å². The molecule has 1 aliphatic carbocycles. The number of carbonyl (C=O) groups excluding carboxylic acids is 1.